The number of carbonyl (C=O) groups is 1. The van der Waals surface area contributed by atoms with Crippen molar-refractivity contribution in [3.05, 3.63) is 59.0 Å². The zero-order chi connectivity index (χ0) is 20.4. The summed E-state index contributed by atoms with van der Waals surface area (Å²) in [6.45, 7) is 1.33. The van der Waals surface area contributed by atoms with Crippen molar-refractivity contribution in [2.45, 2.75) is 12.8 Å². The van der Waals surface area contributed by atoms with Crippen molar-refractivity contribution in [1.82, 2.24) is 15.0 Å². The summed E-state index contributed by atoms with van der Waals surface area (Å²) in [4.78, 5) is 27.4. The van der Waals surface area contributed by atoms with E-state index in [1.807, 2.05) is 30.3 Å². The standard InChI is InChI=1S/C21H19Cl2N5O/c22-15-5-3-13(4-6-15)19-20(16-7-8-25-10-17(16)23)27-18(11-26-19)28-9-1-2-14(12-28)21(24)29/h3-8,10-11,14H,1-2,9,12H2,(H2,24,29). The molecule has 0 saturated carbocycles. The number of hydrogen-bond donors (Lipinski definition) is 1. The van der Waals surface area contributed by atoms with Crippen LogP contribution in [0.25, 0.3) is 22.5 Å². The fraction of sp³-hybridized carbons (Fsp3) is 0.238. The van der Waals surface area contributed by atoms with Gasteiger partial charge in [0.1, 0.15) is 11.5 Å². The molecule has 2 aromatic heterocycles. The third-order valence-electron chi connectivity index (χ3n) is 5.05. The van der Waals surface area contributed by atoms with Crippen LogP contribution in [0.5, 0.6) is 0 Å². The van der Waals surface area contributed by atoms with Crippen LogP contribution < -0.4 is 10.6 Å². The SMILES string of the molecule is NC(=O)C1CCCN(c2cnc(-c3ccc(Cl)cc3)c(-c3ccncc3Cl)n2)C1. The number of pyridine rings is 1. The van der Waals surface area contributed by atoms with Gasteiger partial charge in [0.15, 0.2) is 0 Å². The number of anilines is 1. The first-order chi connectivity index (χ1) is 14.0. The predicted molar refractivity (Wildman–Crippen MR) is 115 cm³/mol. The molecular weight excluding hydrogens is 409 g/mol. The van der Waals surface area contributed by atoms with Crippen LogP contribution in [0.15, 0.2) is 48.9 Å². The quantitative estimate of drug-likeness (QED) is 0.673. The normalized spacial score (nSPS) is 16.6. The van der Waals surface area contributed by atoms with Crippen molar-refractivity contribution in [1.29, 1.82) is 0 Å². The molecular formula is C21H19Cl2N5O. The van der Waals surface area contributed by atoms with Gasteiger partial charge >= 0.3 is 0 Å². The zero-order valence-electron chi connectivity index (χ0n) is 15.6. The number of hydrogen-bond acceptors (Lipinski definition) is 5. The summed E-state index contributed by atoms with van der Waals surface area (Å²) in [5, 5.41) is 1.13. The second kappa shape index (κ2) is 8.35. The van der Waals surface area contributed by atoms with Crippen LogP contribution in [0.2, 0.25) is 10.0 Å². The average Bonchev–Trinajstić information content (AvgIpc) is 2.74. The number of halogens is 2. The highest BCUT2D eigenvalue weighted by Crippen LogP contribution is 2.35. The van der Waals surface area contributed by atoms with E-state index in [-0.39, 0.29) is 11.8 Å². The number of amides is 1. The summed E-state index contributed by atoms with van der Waals surface area (Å²) in [6, 6.07) is 9.24. The molecule has 0 bridgehead atoms. The number of aromatic nitrogens is 3. The Bertz CT molecular complexity index is 1040. The Balaban J connectivity index is 1.80. The minimum atomic E-state index is -0.280. The minimum Gasteiger partial charge on any atom is -0.369 e. The molecule has 1 amide bonds. The first-order valence-electron chi connectivity index (χ1n) is 9.30. The third-order valence-corrected chi connectivity index (χ3v) is 5.61. The molecule has 29 heavy (non-hydrogen) atoms. The van der Waals surface area contributed by atoms with E-state index in [2.05, 4.69) is 9.88 Å². The fourth-order valence-electron chi connectivity index (χ4n) is 3.52. The topological polar surface area (TPSA) is 85.0 Å². The number of benzene rings is 1. The van der Waals surface area contributed by atoms with E-state index in [0.29, 0.717) is 33.8 Å². The third kappa shape index (κ3) is 4.18. The largest absolute Gasteiger partial charge is 0.369 e. The van der Waals surface area contributed by atoms with Crippen LogP contribution >= 0.6 is 23.2 Å². The molecule has 1 unspecified atom stereocenters. The van der Waals surface area contributed by atoms with Gasteiger partial charge in [-0.2, -0.15) is 0 Å². The number of piperidine rings is 1. The highest BCUT2D eigenvalue weighted by molar-refractivity contribution is 6.33. The molecule has 8 heteroatoms. The van der Waals surface area contributed by atoms with E-state index in [9.17, 15) is 4.79 Å². The van der Waals surface area contributed by atoms with Crippen molar-refractivity contribution in [2.75, 3.05) is 18.0 Å². The molecule has 1 aromatic carbocycles. The molecule has 4 rings (SSSR count). The van der Waals surface area contributed by atoms with Gasteiger partial charge in [0, 0.05) is 41.6 Å². The van der Waals surface area contributed by atoms with Crippen LogP contribution in [-0.4, -0.2) is 33.9 Å². The summed E-state index contributed by atoms with van der Waals surface area (Å²) < 4.78 is 0. The summed E-state index contributed by atoms with van der Waals surface area (Å²) in [6.07, 6.45) is 6.66. The van der Waals surface area contributed by atoms with E-state index in [1.54, 1.807) is 18.6 Å². The maximum Gasteiger partial charge on any atom is 0.222 e. The second-order valence-electron chi connectivity index (χ2n) is 6.98. The lowest BCUT2D eigenvalue weighted by Crippen LogP contribution is -2.41. The van der Waals surface area contributed by atoms with Gasteiger partial charge in [-0.3, -0.25) is 14.8 Å². The summed E-state index contributed by atoms with van der Waals surface area (Å²) in [5.74, 6) is 0.226. The minimum absolute atomic E-state index is 0.186. The lowest BCUT2D eigenvalue weighted by molar-refractivity contribution is -0.122. The van der Waals surface area contributed by atoms with Crippen molar-refractivity contribution in [2.24, 2.45) is 11.7 Å². The Morgan fingerprint density at radius 2 is 1.90 bits per heavy atom. The van der Waals surface area contributed by atoms with Crippen molar-refractivity contribution >= 4 is 34.9 Å². The Labute approximate surface area is 178 Å². The molecule has 0 aliphatic carbocycles. The monoisotopic (exact) mass is 427 g/mol. The van der Waals surface area contributed by atoms with Crippen LogP contribution in [0.1, 0.15) is 12.8 Å². The van der Waals surface area contributed by atoms with Crippen molar-refractivity contribution in [3.63, 3.8) is 0 Å². The van der Waals surface area contributed by atoms with E-state index in [1.165, 1.54) is 0 Å². The first kappa shape index (κ1) is 19.6. The first-order valence-corrected chi connectivity index (χ1v) is 10.1. The number of nitrogens with two attached hydrogens (primary N) is 1. The molecule has 2 N–H and O–H groups in total. The van der Waals surface area contributed by atoms with E-state index in [4.69, 9.17) is 38.9 Å². The Hall–Kier alpha value is -2.70. The lowest BCUT2D eigenvalue weighted by atomic mass is 9.97. The van der Waals surface area contributed by atoms with Gasteiger partial charge in [-0.15, -0.1) is 0 Å². The summed E-state index contributed by atoms with van der Waals surface area (Å²) in [5.41, 5.74) is 8.49. The zero-order valence-corrected chi connectivity index (χ0v) is 17.1. The van der Waals surface area contributed by atoms with Gasteiger partial charge < -0.3 is 10.6 Å². The molecule has 148 valence electrons. The highest BCUT2D eigenvalue weighted by atomic mass is 35.5. The molecule has 0 spiro atoms. The van der Waals surface area contributed by atoms with Crippen LogP contribution in [-0.2, 0) is 4.79 Å². The molecule has 1 fully saturated rings. The van der Waals surface area contributed by atoms with Gasteiger partial charge in [0.2, 0.25) is 5.91 Å². The lowest BCUT2D eigenvalue weighted by Gasteiger charge is -2.32. The Morgan fingerprint density at radius 1 is 1.10 bits per heavy atom. The molecule has 3 aromatic rings. The van der Waals surface area contributed by atoms with Gasteiger partial charge in [0.05, 0.1) is 22.8 Å². The molecule has 1 atom stereocenters. The number of nitrogens with zero attached hydrogens (tertiary/aromatic N) is 4. The maximum atomic E-state index is 11.7. The van der Waals surface area contributed by atoms with E-state index in [0.717, 1.165) is 30.5 Å². The van der Waals surface area contributed by atoms with E-state index >= 15 is 0 Å². The molecule has 0 radical (unpaired) electrons. The molecule has 3 heterocycles. The highest BCUT2D eigenvalue weighted by Gasteiger charge is 2.26. The fourth-order valence-corrected chi connectivity index (χ4v) is 3.86. The smallest absolute Gasteiger partial charge is 0.222 e. The molecule has 1 aliphatic rings. The van der Waals surface area contributed by atoms with Crippen LogP contribution in [0.4, 0.5) is 5.82 Å². The van der Waals surface area contributed by atoms with Gasteiger partial charge in [-0.1, -0.05) is 35.3 Å². The van der Waals surface area contributed by atoms with Gasteiger partial charge in [-0.25, -0.2) is 4.98 Å². The summed E-state index contributed by atoms with van der Waals surface area (Å²) >= 11 is 12.5. The van der Waals surface area contributed by atoms with Gasteiger partial charge in [-0.05, 0) is 31.0 Å². The number of primary amides is 1. The summed E-state index contributed by atoms with van der Waals surface area (Å²) in [7, 11) is 0. The van der Waals surface area contributed by atoms with Crippen LogP contribution in [0.3, 0.4) is 0 Å². The van der Waals surface area contributed by atoms with Crippen molar-refractivity contribution < 1.29 is 4.79 Å². The number of carbonyl (C=O) groups excluding carboxylic acids is 1. The number of rotatable bonds is 4. The van der Waals surface area contributed by atoms with Crippen LogP contribution in [0, 0.1) is 5.92 Å². The molecule has 6 nitrogen and oxygen atoms in total. The van der Waals surface area contributed by atoms with E-state index < -0.39 is 0 Å². The Kier molecular flexibility index (Phi) is 5.65. The molecule has 1 aliphatic heterocycles. The van der Waals surface area contributed by atoms with Crippen molar-refractivity contribution in [3.8, 4) is 22.5 Å². The van der Waals surface area contributed by atoms with Gasteiger partial charge in [0.25, 0.3) is 0 Å². The second-order valence-corrected chi connectivity index (χ2v) is 7.82. The predicted octanol–water partition coefficient (Wildman–Crippen LogP) is 4.21. The maximum absolute atomic E-state index is 11.7. The average molecular weight is 428 g/mol. The molecule has 1 saturated heterocycles. The Morgan fingerprint density at radius 3 is 2.62 bits per heavy atom.